The Bertz CT molecular complexity index is 1210. The molecule has 3 aromatic rings. The van der Waals surface area contributed by atoms with Crippen LogP contribution in [0.15, 0.2) is 43.1 Å². The minimum atomic E-state index is -0.396. The number of hydrogen-bond acceptors (Lipinski definition) is 6. The van der Waals surface area contributed by atoms with Crippen LogP contribution in [0.5, 0.6) is 0 Å². The number of rotatable bonds is 3. The molecule has 0 bridgehead atoms. The Labute approximate surface area is 176 Å². The minimum absolute atomic E-state index is 0.289. The molecule has 0 saturated carbocycles. The third kappa shape index (κ3) is 4.21. The van der Waals surface area contributed by atoms with Crippen molar-refractivity contribution in [2.75, 3.05) is 17.7 Å². The lowest BCUT2D eigenvalue weighted by Gasteiger charge is -2.28. The molecule has 0 saturated heterocycles. The summed E-state index contributed by atoms with van der Waals surface area (Å²) < 4.78 is 7.73. The second-order valence-corrected chi connectivity index (χ2v) is 7.85. The molecule has 2 N–H and O–H groups in total. The normalized spacial score (nSPS) is 10.8. The van der Waals surface area contributed by atoms with E-state index in [1.54, 1.807) is 35.5 Å². The van der Waals surface area contributed by atoms with E-state index in [0.717, 1.165) is 11.1 Å². The zero-order valence-corrected chi connectivity index (χ0v) is 17.8. The molecule has 7 heteroatoms. The SMILES string of the molecule is C=C(OC(C)(C)C)N(C)c1nc(N)c(C#Cc2ccc(C#N)cc2)c2c1ncn2C. The Kier molecular flexibility index (Phi) is 5.40. The number of nitrogen functional groups attached to an aromatic ring is 1. The molecule has 3 rings (SSSR count). The van der Waals surface area contributed by atoms with Crippen LogP contribution in [0.4, 0.5) is 11.6 Å². The van der Waals surface area contributed by atoms with Crippen LogP contribution in [-0.4, -0.2) is 27.2 Å². The summed E-state index contributed by atoms with van der Waals surface area (Å²) in [5.41, 5.74) is 9.27. The number of hydrogen-bond donors (Lipinski definition) is 1. The molecule has 7 nitrogen and oxygen atoms in total. The smallest absolute Gasteiger partial charge is 0.187 e. The van der Waals surface area contributed by atoms with E-state index in [1.807, 2.05) is 39.4 Å². The van der Waals surface area contributed by atoms with Crippen LogP contribution in [-0.2, 0) is 11.8 Å². The summed E-state index contributed by atoms with van der Waals surface area (Å²) in [6.07, 6.45) is 1.70. The van der Waals surface area contributed by atoms with E-state index in [1.165, 1.54) is 0 Å². The maximum Gasteiger partial charge on any atom is 0.187 e. The molecule has 0 aliphatic rings. The molecule has 0 aliphatic heterocycles. The number of pyridine rings is 1. The largest absolute Gasteiger partial charge is 0.474 e. The van der Waals surface area contributed by atoms with Crippen molar-refractivity contribution in [3.05, 3.63) is 59.7 Å². The molecule has 1 aromatic carbocycles. The van der Waals surface area contributed by atoms with E-state index in [9.17, 15) is 0 Å². The van der Waals surface area contributed by atoms with E-state index >= 15 is 0 Å². The summed E-state index contributed by atoms with van der Waals surface area (Å²) in [5.74, 6) is 7.48. The Hall–Kier alpha value is -3.97. The van der Waals surface area contributed by atoms with Crippen LogP contribution in [0.2, 0.25) is 0 Å². The molecular weight excluding hydrogens is 376 g/mol. The molecule has 0 fully saturated rings. The molecule has 152 valence electrons. The first-order valence-electron chi connectivity index (χ1n) is 9.35. The van der Waals surface area contributed by atoms with Crippen LogP contribution in [0, 0.1) is 23.2 Å². The number of nitrogens with zero attached hydrogens (tertiary/aromatic N) is 5. The highest BCUT2D eigenvalue weighted by atomic mass is 16.5. The molecule has 0 aliphatic carbocycles. The van der Waals surface area contributed by atoms with Crippen LogP contribution < -0.4 is 10.6 Å². The topological polar surface area (TPSA) is 93.0 Å². The lowest BCUT2D eigenvalue weighted by molar-refractivity contribution is 0.0501. The molecule has 30 heavy (non-hydrogen) atoms. The standard InChI is InChI=1S/C23H24N6O/c1-15(30-23(2,3)4)29(6)22-19-20(28(5)14-26-19)18(21(25)27-22)12-11-16-7-9-17(13-24)10-8-16/h7-10,14H,1H2,2-6H3,(H2,25,27). The Morgan fingerprint density at radius 3 is 2.43 bits per heavy atom. The third-order valence-electron chi connectivity index (χ3n) is 4.33. The van der Waals surface area contributed by atoms with Gasteiger partial charge in [-0.3, -0.25) is 4.90 Å². The zero-order valence-electron chi connectivity index (χ0n) is 17.8. The van der Waals surface area contributed by atoms with E-state index in [-0.39, 0.29) is 5.82 Å². The van der Waals surface area contributed by atoms with Gasteiger partial charge in [-0.05, 0) is 51.6 Å². The molecule has 0 spiro atoms. The van der Waals surface area contributed by atoms with Crippen LogP contribution in [0.1, 0.15) is 37.5 Å². The number of anilines is 2. The van der Waals surface area contributed by atoms with Crippen molar-refractivity contribution < 1.29 is 4.74 Å². The summed E-state index contributed by atoms with van der Waals surface area (Å²) in [7, 11) is 3.69. The van der Waals surface area contributed by atoms with Gasteiger partial charge in [0, 0.05) is 19.7 Å². The number of imidazole rings is 1. The van der Waals surface area contributed by atoms with Gasteiger partial charge in [0.05, 0.1) is 29.0 Å². The number of aromatic nitrogens is 3. The number of aryl methyl sites for hydroxylation is 1. The lowest BCUT2D eigenvalue weighted by atomic mass is 10.1. The highest BCUT2D eigenvalue weighted by molar-refractivity contribution is 5.94. The van der Waals surface area contributed by atoms with Crippen LogP contribution in [0.3, 0.4) is 0 Å². The maximum absolute atomic E-state index is 8.93. The predicted molar refractivity (Wildman–Crippen MR) is 118 cm³/mol. The van der Waals surface area contributed by atoms with Gasteiger partial charge in [-0.15, -0.1) is 0 Å². The van der Waals surface area contributed by atoms with Crippen molar-refractivity contribution in [1.82, 2.24) is 14.5 Å². The average molecular weight is 400 g/mol. The summed E-state index contributed by atoms with van der Waals surface area (Å²) in [4.78, 5) is 10.8. The molecule has 2 aromatic heterocycles. The van der Waals surface area contributed by atoms with Gasteiger partial charge >= 0.3 is 0 Å². The first-order valence-corrected chi connectivity index (χ1v) is 9.35. The zero-order chi connectivity index (χ0) is 22.1. The molecule has 0 unspecified atom stereocenters. The number of nitriles is 1. The van der Waals surface area contributed by atoms with E-state index in [4.69, 9.17) is 15.7 Å². The number of fused-ring (bicyclic) bond motifs is 1. The average Bonchev–Trinajstić information content (AvgIpc) is 3.07. The monoisotopic (exact) mass is 400 g/mol. The summed E-state index contributed by atoms with van der Waals surface area (Å²) in [6.45, 7) is 9.86. The molecule has 2 heterocycles. The molecule has 0 radical (unpaired) electrons. The van der Waals surface area contributed by atoms with Gasteiger partial charge in [0.1, 0.15) is 16.9 Å². The maximum atomic E-state index is 8.93. The van der Waals surface area contributed by atoms with E-state index < -0.39 is 5.60 Å². The number of benzene rings is 1. The van der Waals surface area contributed by atoms with Gasteiger partial charge in [0.15, 0.2) is 11.7 Å². The molecule has 0 amide bonds. The quantitative estimate of drug-likeness (QED) is 0.534. The van der Waals surface area contributed by atoms with Gasteiger partial charge in [-0.1, -0.05) is 11.8 Å². The van der Waals surface area contributed by atoms with Crippen molar-refractivity contribution in [1.29, 1.82) is 5.26 Å². The van der Waals surface area contributed by atoms with Crippen molar-refractivity contribution >= 4 is 22.7 Å². The minimum Gasteiger partial charge on any atom is -0.474 e. The van der Waals surface area contributed by atoms with Crippen molar-refractivity contribution in [3.63, 3.8) is 0 Å². The summed E-state index contributed by atoms with van der Waals surface area (Å²) >= 11 is 0. The Morgan fingerprint density at radius 2 is 1.83 bits per heavy atom. The van der Waals surface area contributed by atoms with Gasteiger partial charge in [-0.2, -0.15) is 5.26 Å². The van der Waals surface area contributed by atoms with Gasteiger partial charge in [0.25, 0.3) is 0 Å². The van der Waals surface area contributed by atoms with Gasteiger partial charge < -0.3 is 15.0 Å². The lowest BCUT2D eigenvalue weighted by Crippen LogP contribution is -2.27. The Balaban J connectivity index is 2.07. The highest BCUT2D eigenvalue weighted by Crippen LogP contribution is 2.31. The van der Waals surface area contributed by atoms with E-state index in [2.05, 4.69) is 34.5 Å². The highest BCUT2D eigenvalue weighted by Gasteiger charge is 2.22. The second-order valence-electron chi connectivity index (χ2n) is 7.85. The first-order chi connectivity index (χ1) is 14.1. The summed E-state index contributed by atoms with van der Waals surface area (Å²) in [5, 5.41) is 8.93. The second kappa shape index (κ2) is 7.81. The number of ether oxygens (including phenoxy) is 1. The third-order valence-corrected chi connectivity index (χ3v) is 4.33. The first kappa shape index (κ1) is 20.8. The fourth-order valence-electron chi connectivity index (χ4n) is 2.89. The van der Waals surface area contributed by atoms with Crippen LogP contribution in [0.25, 0.3) is 11.0 Å². The molecule has 0 atom stereocenters. The Morgan fingerprint density at radius 1 is 1.20 bits per heavy atom. The van der Waals surface area contributed by atoms with Crippen LogP contribution >= 0.6 is 0 Å². The van der Waals surface area contributed by atoms with Crippen molar-refractivity contribution in [2.24, 2.45) is 7.05 Å². The van der Waals surface area contributed by atoms with Crippen molar-refractivity contribution in [2.45, 2.75) is 26.4 Å². The predicted octanol–water partition coefficient (Wildman–Crippen LogP) is 3.54. The summed E-state index contributed by atoms with van der Waals surface area (Å²) in [6, 6.07) is 9.14. The van der Waals surface area contributed by atoms with E-state index in [0.29, 0.717) is 28.3 Å². The fraction of sp³-hybridized carbons (Fsp3) is 0.261. The van der Waals surface area contributed by atoms with Gasteiger partial charge in [-0.25, -0.2) is 9.97 Å². The fourth-order valence-corrected chi connectivity index (χ4v) is 2.89. The van der Waals surface area contributed by atoms with Crippen molar-refractivity contribution in [3.8, 4) is 17.9 Å². The molecular formula is C23H24N6O. The van der Waals surface area contributed by atoms with Gasteiger partial charge in [0.2, 0.25) is 0 Å². The number of nitrogens with two attached hydrogens (primary N) is 1.